The number of benzene rings is 1. The quantitative estimate of drug-likeness (QED) is 0.677. The van der Waals surface area contributed by atoms with Crippen LogP contribution in [0.1, 0.15) is 31.5 Å². The maximum Gasteiger partial charge on any atom is 0.258 e. The lowest BCUT2D eigenvalue weighted by Crippen LogP contribution is -2.34. The number of nitrogens with one attached hydrogen (secondary N) is 1. The summed E-state index contributed by atoms with van der Waals surface area (Å²) in [7, 11) is -2.12. The molecule has 1 heterocycles. The third-order valence-electron chi connectivity index (χ3n) is 4.36. The highest BCUT2D eigenvalue weighted by atomic mass is 35.5. The number of nitrogens with zero attached hydrogens (tertiary/aromatic N) is 2. The highest BCUT2D eigenvalue weighted by Crippen LogP contribution is 2.35. The van der Waals surface area contributed by atoms with Crippen LogP contribution in [-0.4, -0.2) is 38.8 Å². The highest BCUT2D eigenvalue weighted by Gasteiger charge is 2.36. The summed E-state index contributed by atoms with van der Waals surface area (Å²) in [5.74, 6) is 0.743. The molecule has 1 aromatic carbocycles. The molecule has 0 aliphatic heterocycles. The summed E-state index contributed by atoms with van der Waals surface area (Å²) in [5.41, 5.74) is 6.32. The average Bonchev–Trinajstić information content (AvgIpc) is 3.25. The van der Waals surface area contributed by atoms with E-state index in [4.69, 9.17) is 15.0 Å². The van der Waals surface area contributed by atoms with Gasteiger partial charge in [0.25, 0.3) is 5.89 Å². The van der Waals surface area contributed by atoms with Crippen molar-refractivity contribution in [2.75, 3.05) is 20.3 Å². The zero-order valence-corrected chi connectivity index (χ0v) is 16.1. The first kappa shape index (κ1) is 20.8. The second-order valence-electron chi connectivity index (χ2n) is 6.20. The molecule has 0 atom stereocenters. The summed E-state index contributed by atoms with van der Waals surface area (Å²) in [6.07, 6.45) is 3.73. The number of rotatable bonds is 7. The summed E-state index contributed by atoms with van der Waals surface area (Å²) < 4.78 is 37.2. The van der Waals surface area contributed by atoms with E-state index in [1.165, 1.54) is 19.2 Å². The molecule has 0 saturated heterocycles. The number of ether oxygens (including phenoxy) is 1. The van der Waals surface area contributed by atoms with Crippen LogP contribution < -0.4 is 10.5 Å². The van der Waals surface area contributed by atoms with Crippen molar-refractivity contribution in [2.24, 2.45) is 5.73 Å². The maximum atomic E-state index is 12.3. The van der Waals surface area contributed by atoms with Gasteiger partial charge in [-0.1, -0.05) is 24.1 Å². The van der Waals surface area contributed by atoms with E-state index >= 15 is 0 Å². The summed E-state index contributed by atoms with van der Waals surface area (Å²) in [6.45, 7) is 0.494. The molecule has 0 unspecified atom stereocenters. The lowest BCUT2D eigenvalue weighted by Gasteiger charge is -2.17. The molecule has 8 nitrogen and oxygen atoms in total. The molecule has 1 aromatic heterocycles. The number of sulfonamides is 1. The molecule has 0 radical (unpaired) electrons. The number of nitrogens with two attached hydrogens (primary N) is 1. The van der Waals surface area contributed by atoms with Crippen LogP contribution in [-0.2, 0) is 20.3 Å². The zero-order valence-electron chi connectivity index (χ0n) is 14.5. The third-order valence-corrected chi connectivity index (χ3v) is 5.82. The molecule has 144 valence electrons. The highest BCUT2D eigenvalue weighted by molar-refractivity contribution is 7.89. The first-order valence-corrected chi connectivity index (χ1v) is 9.65. The molecule has 2 aromatic rings. The van der Waals surface area contributed by atoms with Gasteiger partial charge in [0, 0.05) is 19.2 Å². The van der Waals surface area contributed by atoms with E-state index in [2.05, 4.69) is 14.9 Å². The molecular weight excluding hydrogens is 380 g/mol. The van der Waals surface area contributed by atoms with Crippen molar-refractivity contribution in [3.8, 4) is 11.5 Å². The largest absolute Gasteiger partial charge is 0.383 e. The van der Waals surface area contributed by atoms with Crippen LogP contribution in [0.2, 0.25) is 0 Å². The molecule has 1 saturated carbocycles. The standard InChI is InChI=1S/C16H22N4O4S.ClH/c1-23-10-9-18-25(21,22)13-6-4-5-12(11-13)14-19-15(20-24-14)16(17)7-2-3-8-16;/h4-6,11,18H,2-3,7-10,17H2,1H3;1H. The van der Waals surface area contributed by atoms with E-state index in [0.29, 0.717) is 18.0 Å². The van der Waals surface area contributed by atoms with Crippen molar-refractivity contribution in [1.29, 1.82) is 0 Å². The second kappa shape index (κ2) is 8.45. The molecule has 10 heteroatoms. The first-order valence-electron chi connectivity index (χ1n) is 8.17. The third kappa shape index (κ3) is 4.41. The van der Waals surface area contributed by atoms with Gasteiger partial charge in [0.15, 0.2) is 5.82 Å². The minimum atomic E-state index is -3.63. The fourth-order valence-corrected chi connectivity index (χ4v) is 3.99. The van der Waals surface area contributed by atoms with Crippen molar-refractivity contribution in [3.63, 3.8) is 0 Å². The molecule has 0 spiro atoms. The van der Waals surface area contributed by atoms with Crippen molar-refractivity contribution >= 4 is 22.4 Å². The van der Waals surface area contributed by atoms with E-state index in [1.807, 2.05) is 0 Å². The van der Waals surface area contributed by atoms with Gasteiger partial charge in [-0.25, -0.2) is 13.1 Å². The van der Waals surface area contributed by atoms with E-state index in [1.54, 1.807) is 12.1 Å². The van der Waals surface area contributed by atoms with Gasteiger partial charge in [-0.2, -0.15) is 4.98 Å². The van der Waals surface area contributed by atoms with Gasteiger partial charge >= 0.3 is 0 Å². The Balaban J connectivity index is 0.00000243. The fraction of sp³-hybridized carbons (Fsp3) is 0.500. The van der Waals surface area contributed by atoms with Gasteiger partial charge in [-0.3, -0.25) is 0 Å². The van der Waals surface area contributed by atoms with Gasteiger partial charge in [0.2, 0.25) is 10.0 Å². The van der Waals surface area contributed by atoms with Crippen molar-refractivity contribution < 1.29 is 17.7 Å². The minimum absolute atomic E-state index is 0. The summed E-state index contributed by atoms with van der Waals surface area (Å²) in [4.78, 5) is 4.52. The number of aromatic nitrogens is 2. The Hall–Kier alpha value is -1.52. The SMILES string of the molecule is COCCNS(=O)(=O)c1cccc(-c2nc(C3(N)CCCC3)no2)c1.Cl. The number of hydrogen-bond acceptors (Lipinski definition) is 7. The van der Waals surface area contributed by atoms with Gasteiger partial charge < -0.3 is 15.0 Å². The summed E-state index contributed by atoms with van der Waals surface area (Å²) in [5, 5.41) is 4.01. The molecule has 1 aliphatic rings. The smallest absolute Gasteiger partial charge is 0.258 e. The Labute approximate surface area is 159 Å². The minimum Gasteiger partial charge on any atom is -0.383 e. The molecule has 3 rings (SSSR count). The van der Waals surface area contributed by atoms with Gasteiger partial charge in [-0.05, 0) is 31.0 Å². The predicted octanol–water partition coefficient (Wildman–Crippen LogP) is 1.81. The Kier molecular flexibility index (Phi) is 6.75. The molecule has 1 aliphatic carbocycles. The van der Waals surface area contributed by atoms with E-state index in [-0.39, 0.29) is 29.7 Å². The van der Waals surface area contributed by atoms with Gasteiger partial charge in [-0.15, -0.1) is 12.4 Å². The van der Waals surface area contributed by atoms with E-state index in [0.717, 1.165) is 25.7 Å². The van der Waals surface area contributed by atoms with Crippen molar-refractivity contribution in [1.82, 2.24) is 14.9 Å². The lowest BCUT2D eigenvalue weighted by molar-refractivity contribution is 0.204. The molecule has 0 amide bonds. The normalized spacial score (nSPS) is 16.4. The summed E-state index contributed by atoms with van der Waals surface area (Å²) in [6, 6.07) is 6.38. The van der Waals surface area contributed by atoms with Crippen LogP contribution in [0.4, 0.5) is 0 Å². The molecule has 1 fully saturated rings. The molecule has 0 bridgehead atoms. The zero-order chi connectivity index (χ0) is 17.9. The molecule has 26 heavy (non-hydrogen) atoms. The number of halogens is 1. The van der Waals surface area contributed by atoms with E-state index < -0.39 is 15.6 Å². The Bertz CT molecular complexity index is 834. The lowest BCUT2D eigenvalue weighted by atomic mass is 9.99. The van der Waals surface area contributed by atoms with Crippen LogP contribution in [0.15, 0.2) is 33.7 Å². The van der Waals surface area contributed by atoms with E-state index in [9.17, 15) is 8.42 Å². The number of hydrogen-bond donors (Lipinski definition) is 2. The van der Waals surface area contributed by atoms with Crippen LogP contribution in [0.5, 0.6) is 0 Å². The van der Waals surface area contributed by atoms with Crippen LogP contribution in [0.25, 0.3) is 11.5 Å². The Morgan fingerprint density at radius 1 is 1.35 bits per heavy atom. The molecular formula is C16H23ClN4O4S. The Morgan fingerprint density at radius 3 is 2.77 bits per heavy atom. The topological polar surface area (TPSA) is 120 Å². The Morgan fingerprint density at radius 2 is 2.08 bits per heavy atom. The fourth-order valence-electron chi connectivity index (χ4n) is 2.93. The average molecular weight is 403 g/mol. The van der Waals surface area contributed by atoms with Crippen LogP contribution >= 0.6 is 12.4 Å². The van der Waals surface area contributed by atoms with Crippen LogP contribution in [0.3, 0.4) is 0 Å². The predicted molar refractivity (Wildman–Crippen MR) is 98.4 cm³/mol. The van der Waals surface area contributed by atoms with Gasteiger partial charge in [0.05, 0.1) is 17.0 Å². The van der Waals surface area contributed by atoms with Crippen LogP contribution in [0, 0.1) is 0 Å². The monoisotopic (exact) mass is 402 g/mol. The first-order chi connectivity index (χ1) is 11.9. The van der Waals surface area contributed by atoms with Crippen molar-refractivity contribution in [3.05, 3.63) is 30.1 Å². The molecule has 3 N–H and O–H groups in total. The van der Waals surface area contributed by atoms with Gasteiger partial charge in [0.1, 0.15) is 0 Å². The maximum absolute atomic E-state index is 12.3. The van der Waals surface area contributed by atoms with Crippen molar-refractivity contribution in [2.45, 2.75) is 36.1 Å². The number of methoxy groups -OCH3 is 1. The summed E-state index contributed by atoms with van der Waals surface area (Å²) >= 11 is 0. The second-order valence-corrected chi connectivity index (χ2v) is 7.97.